The number of halogens is 1. The third kappa shape index (κ3) is 5.09. The number of alkyl halides is 1. The Kier molecular flexibility index (Phi) is 5.32. The van der Waals surface area contributed by atoms with Crippen molar-refractivity contribution in [2.45, 2.75) is 12.3 Å². The molecule has 0 saturated heterocycles. The second kappa shape index (κ2) is 5.43. The van der Waals surface area contributed by atoms with E-state index in [0.29, 0.717) is 0 Å². The molecule has 3 nitrogen and oxygen atoms in total. The lowest BCUT2D eigenvalue weighted by Crippen LogP contribution is -2.30. The molecule has 1 amide bonds. The molecule has 0 aliphatic rings. The molecule has 0 spiro atoms. The van der Waals surface area contributed by atoms with E-state index >= 15 is 0 Å². The maximum Gasteiger partial charge on any atom is 0.278 e. The van der Waals surface area contributed by atoms with Crippen molar-refractivity contribution >= 4 is 34.4 Å². The highest BCUT2D eigenvalue weighted by Crippen LogP contribution is 1.97. The van der Waals surface area contributed by atoms with Gasteiger partial charge in [0.1, 0.15) is 11.2 Å². The number of carbonyl (C=O) groups is 2. The Morgan fingerprint density at radius 1 is 1.64 bits per heavy atom. The summed E-state index contributed by atoms with van der Waals surface area (Å²) in [7, 11) is 0. The van der Waals surface area contributed by atoms with Crippen molar-refractivity contribution in [3.05, 3.63) is 0 Å². The summed E-state index contributed by atoms with van der Waals surface area (Å²) in [5, 5.41) is 1.71. The van der Waals surface area contributed by atoms with Crippen molar-refractivity contribution < 1.29 is 9.59 Å². The summed E-state index contributed by atoms with van der Waals surface area (Å²) < 4.78 is 0. The Hall–Kier alpha value is -0.220. The van der Waals surface area contributed by atoms with E-state index in [1.807, 2.05) is 0 Å². The molecule has 1 atom stereocenters. The molecule has 0 rings (SSSR count). The molecule has 0 fully saturated rings. The maximum atomic E-state index is 10.6. The van der Waals surface area contributed by atoms with Gasteiger partial charge >= 0.3 is 0 Å². The minimum Gasteiger partial charge on any atom is -0.345 e. The standard InChI is InChI=1S/C6H10ClNO2S/c1-4(9)5(7)3-8-6(10)11-2/h5H,3H2,1-2H3,(H,8,10). The molecule has 0 aliphatic heterocycles. The first-order valence-corrected chi connectivity index (χ1v) is 4.70. The number of amides is 1. The van der Waals surface area contributed by atoms with Gasteiger partial charge in [-0.1, -0.05) is 11.8 Å². The van der Waals surface area contributed by atoms with Gasteiger partial charge in [0.05, 0.1) is 0 Å². The first-order chi connectivity index (χ1) is 5.07. The summed E-state index contributed by atoms with van der Waals surface area (Å²) in [6, 6.07) is 0. The molecule has 1 N–H and O–H groups in total. The molecule has 0 saturated carbocycles. The van der Waals surface area contributed by atoms with Crippen LogP contribution >= 0.6 is 23.4 Å². The van der Waals surface area contributed by atoms with Gasteiger partial charge < -0.3 is 5.32 Å². The fourth-order valence-corrected chi connectivity index (χ4v) is 0.694. The van der Waals surface area contributed by atoms with Crippen molar-refractivity contribution in [3.63, 3.8) is 0 Å². The lowest BCUT2D eigenvalue weighted by Gasteiger charge is -2.05. The molecule has 0 bridgehead atoms. The van der Waals surface area contributed by atoms with Gasteiger partial charge in [-0.15, -0.1) is 11.6 Å². The molecule has 0 aromatic rings. The average Bonchev–Trinajstić information content (AvgIpc) is 1.99. The predicted molar refractivity (Wildman–Crippen MR) is 47.2 cm³/mol. The second-order valence-electron chi connectivity index (χ2n) is 1.95. The first-order valence-electron chi connectivity index (χ1n) is 3.04. The van der Waals surface area contributed by atoms with E-state index in [9.17, 15) is 9.59 Å². The minimum atomic E-state index is -0.605. The van der Waals surface area contributed by atoms with Crippen molar-refractivity contribution in [1.29, 1.82) is 0 Å². The molecule has 11 heavy (non-hydrogen) atoms. The second-order valence-corrected chi connectivity index (χ2v) is 3.26. The number of nitrogens with one attached hydrogen (secondary N) is 1. The van der Waals surface area contributed by atoms with Crippen LogP contribution in [0.3, 0.4) is 0 Å². The van der Waals surface area contributed by atoms with Gasteiger partial charge in [-0.05, 0) is 13.2 Å². The Morgan fingerprint density at radius 3 is 2.55 bits per heavy atom. The normalized spacial score (nSPS) is 12.3. The molecular formula is C6H10ClNO2S. The van der Waals surface area contributed by atoms with E-state index in [1.165, 1.54) is 6.92 Å². The fourth-order valence-electron chi connectivity index (χ4n) is 0.389. The van der Waals surface area contributed by atoms with Gasteiger partial charge in [0, 0.05) is 6.54 Å². The van der Waals surface area contributed by atoms with Crippen LogP contribution in [0.2, 0.25) is 0 Å². The summed E-state index contributed by atoms with van der Waals surface area (Å²) in [4.78, 5) is 21.2. The zero-order valence-corrected chi connectivity index (χ0v) is 7.96. The highest BCUT2D eigenvalue weighted by molar-refractivity contribution is 8.12. The predicted octanol–water partition coefficient (Wildman–Crippen LogP) is 1.26. The van der Waals surface area contributed by atoms with Gasteiger partial charge in [0.15, 0.2) is 0 Å². The number of ketones is 1. The van der Waals surface area contributed by atoms with E-state index in [1.54, 1.807) is 6.26 Å². The average molecular weight is 196 g/mol. The van der Waals surface area contributed by atoms with Gasteiger partial charge in [-0.2, -0.15) is 0 Å². The van der Waals surface area contributed by atoms with Crippen LogP contribution in [0.1, 0.15) is 6.92 Å². The number of carbonyl (C=O) groups excluding carboxylic acids is 2. The Morgan fingerprint density at radius 2 is 2.18 bits per heavy atom. The number of rotatable bonds is 3. The highest BCUT2D eigenvalue weighted by atomic mass is 35.5. The van der Waals surface area contributed by atoms with Crippen LogP contribution in [-0.2, 0) is 4.79 Å². The molecule has 0 aromatic heterocycles. The number of hydrogen-bond donors (Lipinski definition) is 1. The zero-order chi connectivity index (χ0) is 8.85. The molecule has 0 heterocycles. The van der Waals surface area contributed by atoms with Crippen LogP contribution in [-0.4, -0.2) is 29.2 Å². The topological polar surface area (TPSA) is 46.2 Å². The minimum absolute atomic E-state index is 0.131. The molecule has 0 aliphatic carbocycles. The Bertz CT molecular complexity index is 163. The van der Waals surface area contributed by atoms with E-state index in [-0.39, 0.29) is 17.6 Å². The van der Waals surface area contributed by atoms with Crippen LogP contribution in [0.15, 0.2) is 0 Å². The summed E-state index contributed by atoms with van der Waals surface area (Å²) in [5.74, 6) is -0.131. The molecule has 1 unspecified atom stereocenters. The van der Waals surface area contributed by atoms with Gasteiger partial charge in [-0.3, -0.25) is 9.59 Å². The lowest BCUT2D eigenvalue weighted by molar-refractivity contribution is -0.116. The number of thioether (sulfide) groups is 1. The Balaban J connectivity index is 3.54. The Labute approximate surface area is 74.9 Å². The van der Waals surface area contributed by atoms with Crippen LogP contribution < -0.4 is 5.32 Å². The highest BCUT2D eigenvalue weighted by Gasteiger charge is 2.10. The van der Waals surface area contributed by atoms with Gasteiger partial charge in [-0.25, -0.2) is 0 Å². The number of Topliss-reactive ketones (excluding diaryl/α,β-unsaturated/α-hetero) is 1. The molecule has 5 heteroatoms. The summed E-state index contributed by atoms with van der Waals surface area (Å²) in [5.41, 5.74) is 0. The van der Waals surface area contributed by atoms with Gasteiger partial charge in [0.25, 0.3) is 5.24 Å². The lowest BCUT2D eigenvalue weighted by atomic mass is 10.3. The summed E-state index contributed by atoms with van der Waals surface area (Å²) in [6.07, 6.45) is 1.66. The molecular weight excluding hydrogens is 186 g/mol. The largest absolute Gasteiger partial charge is 0.345 e. The van der Waals surface area contributed by atoms with E-state index < -0.39 is 5.38 Å². The van der Waals surface area contributed by atoms with E-state index in [2.05, 4.69) is 5.32 Å². The number of hydrogen-bond acceptors (Lipinski definition) is 3. The first kappa shape index (κ1) is 10.8. The zero-order valence-electron chi connectivity index (χ0n) is 6.39. The maximum absolute atomic E-state index is 10.6. The van der Waals surface area contributed by atoms with Crippen LogP contribution in [0.5, 0.6) is 0 Å². The van der Waals surface area contributed by atoms with Gasteiger partial charge in [0.2, 0.25) is 0 Å². The monoisotopic (exact) mass is 195 g/mol. The summed E-state index contributed by atoms with van der Waals surface area (Å²) in [6.45, 7) is 1.60. The SMILES string of the molecule is CSC(=O)NCC(Cl)C(C)=O. The van der Waals surface area contributed by atoms with Crippen LogP contribution in [0.25, 0.3) is 0 Å². The third-order valence-electron chi connectivity index (χ3n) is 1.05. The van der Waals surface area contributed by atoms with Crippen LogP contribution in [0.4, 0.5) is 4.79 Å². The fraction of sp³-hybridized carbons (Fsp3) is 0.667. The summed E-state index contributed by atoms with van der Waals surface area (Å²) >= 11 is 6.60. The quantitative estimate of drug-likeness (QED) is 0.690. The van der Waals surface area contributed by atoms with Crippen molar-refractivity contribution in [2.75, 3.05) is 12.8 Å². The molecule has 0 radical (unpaired) electrons. The van der Waals surface area contributed by atoms with Crippen LogP contribution in [0, 0.1) is 0 Å². The third-order valence-corrected chi connectivity index (χ3v) is 2.03. The van der Waals surface area contributed by atoms with Crippen molar-refractivity contribution in [1.82, 2.24) is 5.32 Å². The van der Waals surface area contributed by atoms with Crippen molar-refractivity contribution in [2.24, 2.45) is 0 Å². The van der Waals surface area contributed by atoms with E-state index in [4.69, 9.17) is 11.6 Å². The molecule has 64 valence electrons. The van der Waals surface area contributed by atoms with E-state index in [0.717, 1.165) is 11.8 Å². The van der Waals surface area contributed by atoms with Crippen molar-refractivity contribution in [3.8, 4) is 0 Å². The molecule has 0 aromatic carbocycles. The smallest absolute Gasteiger partial charge is 0.278 e.